The molecule has 8 nitrogen and oxygen atoms in total. The van der Waals surface area contributed by atoms with Crippen molar-refractivity contribution >= 4 is 40.9 Å². The van der Waals surface area contributed by atoms with Gasteiger partial charge < -0.3 is 14.4 Å². The minimum atomic E-state index is -0.675. The van der Waals surface area contributed by atoms with Crippen LogP contribution in [0.25, 0.3) is 0 Å². The van der Waals surface area contributed by atoms with Gasteiger partial charge in [0.1, 0.15) is 11.2 Å². The van der Waals surface area contributed by atoms with Crippen LogP contribution < -0.4 is 10.2 Å². The molecule has 1 aromatic carbocycles. The second kappa shape index (κ2) is 9.37. The molecule has 0 aliphatic carbocycles. The number of carbonyl (C=O) groups is 2. The van der Waals surface area contributed by atoms with Crippen LogP contribution in [0.1, 0.15) is 61.0 Å². The lowest BCUT2D eigenvalue weighted by molar-refractivity contribution is -0.488. The SMILES string of the molecule is CC1=[N+](C(=O)OC(C)(C)C)[C@H](C)CN(c2cc(C#N)cc(NC(=O)OC(C)(C)C)c2Cl)C1. The smallest absolute Gasteiger partial charge is 0.444 e. The van der Waals surface area contributed by atoms with E-state index in [1.54, 1.807) is 31.4 Å². The number of amides is 2. The molecule has 1 aliphatic rings. The van der Waals surface area contributed by atoms with E-state index in [1.807, 2.05) is 39.5 Å². The number of nitrogens with one attached hydrogen (secondary N) is 1. The second-order valence-electron chi connectivity index (χ2n) is 9.91. The summed E-state index contributed by atoms with van der Waals surface area (Å²) in [6.45, 7) is 15.4. The average molecular weight is 464 g/mol. The Hall–Kier alpha value is -2.79. The zero-order valence-corrected chi connectivity index (χ0v) is 20.8. The van der Waals surface area contributed by atoms with Gasteiger partial charge in [-0.25, -0.2) is 4.79 Å². The summed E-state index contributed by atoms with van der Waals surface area (Å²) >= 11 is 6.63. The maximum absolute atomic E-state index is 12.7. The molecule has 174 valence electrons. The van der Waals surface area contributed by atoms with Gasteiger partial charge in [-0.15, -0.1) is 4.58 Å². The number of benzene rings is 1. The number of anilines is 2. The second-order valence-corrected chi connectivity index (χ2v) is 10.3. The van der Waals surface area contributed by atoms with Crippen molar-refractivity contribution in [2.45, 2.75) is 72.6 Å². The Bertz CT molecular complexity index is 983. The number of ether oxygens (including phenoxy) is 2. The van der Waals surface area contributed by atoms with Crippen molar-refractivity contribution in [1.29, 1.82) is 5.26 Å². The molecule has 2 rings (SSSR count). The molecule has 0 unspecified atom stereocenters. The topological polar surface area (TPSA) is 94.7 Å². The summed E-state index contributed by atoms with van der Waals surface area (Å²) in [5, 5.41) is 12.4. The van der Waals surface area contributed by atoms with Crippen LogP contribution in [0.5, 0.6) is 0 Å². The lowest BCUT2D eigenvalue weighted by atomic mass is 10.1. The maximum Gasteiger partial charge on any atom is 0.597 e. The number of hydrogen-bond donors (Lipinski definition) is 1. The fourth-order valence-corrected chi connectivity index (χ4v) is 3.71. The van der Waals surface area contributed by atoms with E-state index >= 15 is 0 Å². The summed E-state index contributed by atoms with van der Waals surface area (Å²) in [6, 6.07) is 5.09. The molecule has 0 radical (unpaired) electrons. The number of halogens is 1. The molecule has 1 aliphatic heterocycles. The maximum atomic E-state index is 12.7. The van der Waals surface area contributed by atoms with Gasteiger partial charge in [0.25, 0.3) is 0 Å². The molecule has 0 saturated heterocycles. The first-order chi connectivity index (χ1) is 14.6. The van der Waals surface area contributed by atoms with E-state index in [1.165, 1.54) is 6.07 Å². The number of hydrogen-bond acceptors (Lipinski definition) is 6. The van der Waals surface area contributed by atoms with E-state index in [0.717, 1.165) is 5.71 Å². The van der Waals surface area contributed by atoms with E-state index in [2.05, 4.69) is 11.4 Å². The minimum absolute atomic E-state index is 0.192. The number of rotatable bonds is 2. The summed E-state index contributed by atoms with van der Waals surface area (Å²) in [4.78, 5) is 26.9. The van der Waals surface area contributed by atoms with Crippen LogP contribution in [-0.2, 0) is 9.47 Å². The highest BCUT2D eigenvalue weighted by atomic mass is 35.5. The van der Waals surface area contributed by atoms with Crippen molar-refractivity contribution in [2.75, 3.05) is 23.3 Å². The van der Waals surface area contributed by atoms with Gasteiger partial charge in [-0.1, -0.05) is 11.6 Å². The van der Waals surface area contributed by atoms with E-state index in [4.69, 9.17) is 21.1 Å². The molecular formula is C23H32ClN4O4+. The molecular weight excluding hydrogens is 432 g/mol. The summed E-state index contributed by atoms with van der Waals surface area (Å²) < 4.78 is 12.5. The highest BCUT2D eigenvalue weighted by Crippen LogP contribution is 2.36. The predicted molar refractivity (Wildman–Crippen MR) is 125 cm³/mol. The normalized spacial score (nSPS) is 17.0. The van der Waals surface area contributed by atoms with Crippen molar-refractivity contribution in [1.82, 2.24) is 0 Å². The van der Waals surface area contributed by atoms with E-state index in [9.17, 15) is 14.9 Å². The molecule has 1 N–H and O–H groups in total. The van der Waals surface area contributed by atoms with Crippen LogP contribution in [0.3, 0.4) is 0 Å². The molecule has 0 saturated carbocycles. The van der Waals surface area contributed by atoms with E-state index in [-0.39, 0.29) is 11.7 Å². The third-order valence-corrected chi connectivity index (χ3v) is 4.90. The molecule has 1 aromatic rings. The molecule has 9 heteroatoms. The zero-order valence-electron chi connectivity index (χ0n) is 20.0. The van der Waals surface area contributed by atoms with Crippen molar-refractivity contribution < 1.29 is 23.6 Å². The van der Waals surface area contributed by atoms with Crippen molar-refractivity contribution in [3.8, 4) is 6.07 Å². The quantitative estimate of drug-likeness (QED) is 0.607. The Morgan fingerprint density at radius 3 is 2.28 bits per heavy atom. The summed E-state index contributed by atoms with van der Waals surface area (Å²) in [6.07, 6.45) is -1.06. The summed E-state index contributed by atoms with van der Waals surface area (Å²) in [7, 11) is 0. The summed E-state index contributed by atoms with van der Waals surface area (Å²) in [5.41, 5.74) is 0.738. The van der Waals surface area contributed by atoms with Crippen molar-refractivity contribution in [3.05, 3.63) is 22.7 Å². The van der Waals surface area contributed by atoms with Crippen molar-refractivity contribution in [2.24, 2.45) is 0 Å². The van der Waals surface area contributed by atoms with Crippen LogP contribution >= 0.6 is 11.6 Å². The van der Waals surface area contributed by atoms with E-state index < -0.39 is 23.4 Å². The molecule has 0 aromatic heterocycles. The lowest BCUT2D eigenvalue weighted by Crippen LogP contribution is -2.52. The molecule has 0 fully saturated rings. The Labute approximate surface area is 194 Å². The standard InChI is InChI=1S/C23H31ClN4O4/c1-14-12-27(13-15(2)28(14)21(30)32-23(6,7)8)18-10-16(11-25)9-17(19(18)24)26-20(29)31-22(3,4)5/h9-10,14H,12-13H2,1-8H3/p+1/t14-/m1/s1. The third kappa shape index (κ3) is 6.60. The van der Waals surface area contributed by atoms with Gasteiger partial charge >= 0.3 is 12.2 Å². The van der Waals surface area contributed by atoms with Crippen LogP contribution in [0, 0.1) is 11.3 Å². The monoisotopic (exact) mass is 463 g/mol. The van der Waals surface area contributed by atoms with Crippen LogP contribution in [0.15, 0.2) is 12.1 Å². The molecule has 1 heterocycles. The fourth-order valence-electron chi connectivity index (χ4n) is 3.43. The first-order valence-corrected chi connectivity index (χ1v) is 10.8. The third-order valence-electron chi connectivity index (χ3n) is 4.51. The molecule has 0 bridgehead atoms. The number of nitrogens with zero attached hydrogens (tertiary/aromatic N) is 3. The number of carbonyl (C=O) groups excluding carboxylic acids is 2. The predicted octanol–water partition coefficient (Wildman–Crippen LogP) is 5.18. The first kappa shape index (κ1) is 25.5. The Morgan fingerprint density at radius 1 is 1.19 bits per heavy atom. The van der Waals surface area contributed by atoms with Crippen LogP contribution in [0.2, 0.25) is 5.02 Å². The highest BCUT2D eigenvalue weighted by molar-refractivity contribution is 6.36. The van der Waals surface area contributed by atoms with Crippen molar-refractivity contribution in [3.63, 3.8) is 0 Å². The largest absolute Gasteiger partial charge is 0.597 e. The van der Waals surface area contributed by atoms with Gasteiger partial charge in [0.2, 0.25) is 0 Å². The Kier molecular flexibility index (Phi) is 7.46. The Balaban J connectivity index is 2.37. The Morgan fingerprint density at radius 2 is 1.78 bits per heavy atom. The number of nitriles is 1. The van der Waals surface area contributed by atoms with Gasteiger partial charge in [-0.3, -0.25) is 5.32 Å². The zero-order chi connectivity index (χ0) is 24.4. The van der Waals surface area contributed by atoms with E-state index in [0.29, 0.717) is 29.4 Å². The van der Waals surface area contributed by atoms with Gasteiger partial charge in [0.15, 0.2) is 11.8 Å². The average Bonchev–Trinajstić information content (AvgIpc) is 2.59. The highest BCUT2D eigenvalue weighted by Gasteiger charge is 2.38. The molecule has 0 spiro atoms. The van der Waals surface area contributed by atoms with Crippen LogP contribution in [0.4, 0.5) is 21.0 Å². The van der Waals surface area contributed by atoms with Gasteiger partial charge in [-0.2, -0.15) is 10.1 Å². The molecule has 2 amide bonds. The lowest BCUT2D eigenvalue weighted by Gasteiger charge is -2.32. The molecule has 32 heavy (non-hydrogen) atoms. The first-order valence-electron chi connectivity index (χ1n) is 10.4. The fraction of sp³-hybridized carbons (Fsp3) is 0.565. The van der Waals surface area contributed by atoms with Crippen LogP contribution in [-0.4, -0.2) is 52.8 Å². The van der Waals surface area contributed by atoms with Gasteiger partial charge in [0.05, 0.1) is 41.1 Å². The summed E-state index contributed by atoms with van der Waals surface area (Å²) in [5.74, 6) is 0. The van der Waals surface area contributed by atoms with Gasteiger partial charge in [-0.05, 0) is 60.6 Å². The van der Waals surface area contributed by atoms with Gasteiger partial charge in [0, 0.05) is 6.92 Å². The molecule has 1 atom stereocenters. The minimum Gasteiger partial charge on any atom is -0.444 e.